The molecule has 1 heterocycles. The number of aliphatic hydroxyl groups excluding tert-OH is 1. The standard InChI is InChI=1S/C18H17NO/c1-11-6-12(2)8-15(7-11)18-10-16-9-14(13(3)20)4-5-17(16)19-18/h4-9,20H,3,10H2,1-2H3. The first-order valence-electron chi connectivity index (χ1n) is 6.70. The highest BCUT2D eigenvalue weighted by Gasteiger charge is 2.17. The van der Waals surface area contributed by atoms with Crippen LogP contribution in [0.1, 0.15) is 27.8 Å². The van der Waals surface area contributed by atoms with Crippen LogP contribution in [0.25, 0.3) is 5.76 Å². The third-order valence-corrected chi connectivity index (χ3v) is 3.58. The summed E-state index contributed by atoms with van der Waals surface area (Å²) in [7, 11) is 0. The van der Waals surface area contributed by atoms with Crippen LogP contribution in [0.5, 0.6) is 0 Å². The Morgan fingerprint density at radius 3 is 2.45 bits per heavy atom. The van der Waals surface area contributed by atoms with E-state index in [1.54, 1.807) is 0 Å². The summed E-state index contributed by atoms with van der Waals surface area (Å²) in [4.78, 5) is 4.71. The van der Waals surface area contributed by atoms with E-state index < -0.39 is 0 Å². The molecule has 0 radical (unpaired) electrons. The van der Waals surface area contributed by atoms with Crippen LogP contribution >= 0.6 is 0 Å². The molecule has 0 fully saturated rings. The first-order chi connectivity index (χ1) is 9.52. The van der Waals surface area contributed by atoms with Crippen molar-refractivity contribution in [2.75, 3.05) is 0 Å². The van der Waals surface area contributed by atoms with Gasteiger partial charge in [0.2, 0.25) is 0 Å². The fraction of sp³-hybridized carbons (Fsp3) is 0.167. The Labute approximate surface area is 119 Å². The molecule has 0 spiro atoms. The van der Waals surface area contributed by atoms with Gasteiger partial charge in [0.15, 0.2) is 0 Å². The molecule has 1 aliphatic heterocycles. The topological polar surface area (TPSA) is 32.6 Å². The highest BCUT2D eigenvalue weighted by molar-refractivity contribution is 6.06. The first kappa shape index (κ1) is 12.7. The van der Waals surface area contributed by atoms with Gasteiger partial charge in [-0.25, -0.2) is 0 Å². The zero-order valence-electron chi connectivity index (χ0n) is 11.8. The van der Waals surface area contributed by atoms with E-state index in [4.69, 9.17) is 4.99 Å². The summed E-state index contributed by atoms with van der Waals surface area (Å²) in [6.45, 7) is 7.78. The van der Waals surface area contributed by atoms with E-state index in [-0.39, 0.29) is 5.76 Å². The van der Waals surface area contributed by atoms with Crippen LogP contribution in [0.4, 0.5) is 5.69 Å². The Balaban J connectivity index is 1.98. The largest absolute Gasteiger partial charge is 0.508 e. The van der Waals surface area contributed by atoms with Crippen molar-refractivity contribution in [1.82, 2.24) is 0 Å². The lowest BCUT2D eigenvalue weighted by Gasteiger charge is -2.04. The summed E-state index contributed by atoms with van der Waals surface area (Å²) in [5.41, 5.74) is 7.68. The van der Waals surface area contributed by atoms with Gasteiger partial charge in [0.05, 0.1) is 11.4 Å². The van der Waals surface area contributed by atoms with E-state index in [1.165, 1.54) is 16.7 Å². The highest BCUT2D eigenvalue weighted by Crippen LogP contribution is 2.31. The molecule has 0 aromatic heterocycles. The van der Waals surface area contributed by atoms with Gasteiger partial charge in [0.25, 0.3) is 0 Å². The molecule has 0 atom stereocenters. The molecular weight excluding hydrogens is 246 g/mol. The van der Waals surface area contributed by atoms with E-state index in [9.17, 15) is 5.11 Å². The predicted molar refractivity (Wildman–Crippen MR) is 83.9 cm³/mol. The fourth-order valence-electron chi connectivity index (χ4n) is 2.69. The maximum absolute atomic E-state index is 9.48. The van der Waals surface area contributed by atoms with Crippen LogP contribution in [0.2, 0.25) is 0 Å². The van der Waals surface area contributed by atoms with E-state index in [1.807, 2.05) is 18.2 Å². The number of hydrogen-bond acceptors (Lipinski definition) is 2. The zero-order valence-corrected chi connectivity index (χ0v) is 11.8. The van der Waals surface area contributed by atoms with Crippen molar-refractivity contribution in [3.63, 3.8) is 0 Å². The van der Waals surface area contributed by atoms with Crippen LogP contribution < -0.4 is 0 Å². The Bertz CT molecular complexity index is 721. The van der Waals surface area contributed by atoms with Crippen molar-refractivity contribution in [2.45, 2.75) is 20.3 Å². The summed E-state index contributed by atoms with van der Waals surface area (Å²) in [5, 5.41) is 9.48. The molecule has 2 nitrogen and oxygen atoms in total. The number of aliphatic hydroxyl groups is 1. The summed E-state index contributed by atoms with van der Waals surface area (Å²) < 4.78 is 0. The normalized spacial score (nSPS) is 13.0. The van der Waals surface area contributed by atoms with E-state index in [0.29, 0.717) is 0 Å². The highest BCUT2D eigenvalue weighted by atomic mass is 16.3. The minimum absolute atomic E-state index is 0.104. The second-order valence-corrected chi connectivity index (χ2v) is 5.40. The lowest BCUT2D eigenvalue weighted by atomic mass is 9.99. The molecule has 2 aromatic rings. The van der Waals surface area contributed by atoms with Crippen molar-refractivity contribution in [2.24, 2.45) is 4.99 Å². The predicted octanol–water partition coefficient (Wildman–Crippen LogP) is 4.51. The molecule has 100 valence electrons. The Morgan fingerprint density at radius 1 is 1.10 bits per heavy atom. The van der Waals surface area contributed by atoms with Gasteiger partial charge in [-0.3, -0.25) is 4.99 Å². The minimum Gasteiger partial charge on any atom is -0.508 e. The average Bonchev–Trinajstić information content (AvgIpc) is 2.80. The smallest absolute Gasteiger partial charge is 0.115 e. The van der Waals surface area contributed by atoms with Crippen molar-refractivity contribution in [3.8, 4) is 0 Å². The van der Waals surface area contributed by atoms with Crippen molar-refractivity contribution < 1.29 is 5.11 Å². The van der Waals surface area contributed by atoms with Gasteiger partial charge < -0.3 is 5.11 Å². The van der Waals surface area contributed by atoms with Gasteiger partial charge in [-0.05, 0) is 43.2 Å². The molecule has 0 saturated heterocycles. The average molecular weight is 263 g/mol. The molecule has 1 aliphatic rings. The van der Waals surface area contributed by atoms with Gasteiger partial charge in [-0.1, -0.05) is 35.9 Å². The van der Waals surface area contributed by atoms with Gasteiger partial charge >= 0.3 is 0 Å². The Kier molecular flexibility index (Phi) is 2.94. The molecule has 2 heteroatoms. The van der Waals surface area contributed by atoms with Crippen molar-refractivity contribution in [3.05, 3.63) is 70.8 Å². The molecule has 2 aromatic carbocycles. The maximum atomic E-state index is 9.48. The molecular formula is C18H17NO. The van der Waals surface area contributed by atoms with Gasteiger partial charge in [-0.2, -0.15) is 0 Å². The van der Waals surface area contributed by atoms with Gasteiger partial charge in [-0.15, -0.1) is 0 Å². The molecule has 20 heavy (non-hydrogen) atoms. The van der Waals surface area contributed by atoms with E-state index >= 15 is 0 Å². The summed E-state index contributed by atoms with van der Waals surface area (Å²) >= 11 is 0. The summed E-state index contributed by atoms with van der Waals surface area (Å²) in [6.07, 6.45) is 0.805. The van der Waals surface area contributed by atoms with Crippen LogP contribution in [0.3, 0.4) is 0 Å². The minimum atomic E-state index is 0.104. The van der Waals surface area contributed by atoms with E-state index in [2.05, 4.69) is 38.6 Å². The lowest BCUT2D eigenvalue weighted by molar-refractivity contribution is 0.514. The summed E-state index contributed by atoms with van der Waals surface area (Å²) in [5.74, 6) is 0.104. The number of fused-ring (bicyclic) bond motifs is 1. The van der Waals surface area contributed by atoms with Crippen LogP contribution in [0, 0.1) is 13.8 Å². The summed E-state index contributed by atoms with van der Waals surface area (Å²) in [6, 6.07) is 12.3. The number of rotatable bonds is 2. The molecule has 1 N–H and O–H groups in total. The lowest BCUT2D eigenvalue weighted by Crippen LogP contribution is -2.01. The quantitative estimate of drug-likeness (QED) is 0.794. The molecule has 0 bridgehead atoms. The third kappa shape index (κ3) is 2.25. The monoisotopic (exact) mass is 263 g/mol. The number of nitrogens with zero attached hydrogens (tertiary/aromatic N) is 1. The third-order valence-electron chi connectivity index (χ3n) is 3.58. The first-order valence-corrected chi connectivity index (χ1v) is 6.70. The number of benzene rings is 2. The number of aliphatic imine (C=N–C) groups is 1. The molecule has 0 aliphatic carbocycles. The number of aryl methyl sites for hydroxylation is 2. The zero-order chi connectivity index (χ0) is 14.3. The maximum Gasteiger partial charge on any atom is 0.115 e. The molecule has 0 amide bonds. The van der Waals surface area contributed by atoms with E-state index in [0.717, 1.165) is 28.9 Å². The Hall–Kier alpha value is -2.35. The van der Waals surface area contributed by atoms with Crippen molar-refractivity contribution in [1.29, 1.82) is 0 Å². The van der Waals surface area contributed by atoms with Crippen LogP contribution in [0.15, 0.2) is 48.0 Å². The molecule has 0 unspecified atom stereocenters. The molecule has 3 rings (SSSR count). The van der Waals surface area contributed by atoms with Crippen molar-refractivity contribution >= 4 is 17.2 Å². The van der Waals surface area contributed by atoms with Gasteiger partial charge in [0, 0.05) is 12.0 Å². The fourth-order valence-corrected chi connectivity index (χ4v) is 2.69. The second-order valence-electron chi connectivity index (χ2n) is 5.40. The Morgan fingerprint density at radius 2 is 1.80 bits per heavy atom. The van der Waals surface area contributed by atoms with Crippen LogP contribution in [-0.4, -0.2) is 10.8 Å². The number of hydrogen-bond donors (Lipinski definition) is 1. The SMILES string of the molecule is C=C(O)c1ccc2c(c1)CC(c1cc(C)cc(C)c1)=N2. The second kappa shape index (κ2) is 4.64. The van der Waals surface area contributed by atoms with Gasteiger partial charge in [0.1, 0.15) is 5.76 Å². The molecule has 0 saturated carbocycles. The van der Waals surface area contributed by atoms with Crippen LogP contribution in [-0.2, 0) is 6.42 Å².